The van der Waals surface area contributed by atoms with Crippen LogP contribution in [-0.2, 0) is 0 Å². The lowest BCUT2D eigenvalue weighted by Gasteiger charge is -2.04. The fraction of sp³-hybridized carbons (Fsp3) is 0.600. The minimum atomic E-state index is 0.874. The molecule has 0 N–H and O–H groups in total. The van der Waals surface area contributed by atoms with Gasteiger partial charge in [0.25, 0.3) is 0 Å². The van der Waals surface area contributed by atoms with E-state index in [2.05, 4.69) is 31.2 Å². The van der Waals surface area contributed by atoms with E-state index < -0.39 is 0 Å². The van der Waals surface area contributed by atoms with Gasteiger partial charge in [0.2, 0.25) is 0 Å². The van der Waals surface area contributed by atoms with E-state index in [9.17, 15) is 0 Å². The molecule has 0 bridgehead atoms. The summed E-state index contributed by atoms with van der Waals surface area (Å²) in [6.45, 7) is 2.32. The Morgan fingerprint density at radius 3 is 2.80 bits per heavy atom. The maximum Gasteiger partial charge on any atom is -0.0169 e. The summed E-state index contributed by atoms with van der Waals surface area (Å²) in [6, 6.07) is 0. The van der Waals surface area contributed by atoms with Crippen molar-refractivity contribution in [1.29, 1.82) is 0 Å². The first kappa shape index (κ1) is 7.59. The Morgan fingerprint density at radius 2 is 1.90 bits per heavy atom. The van der Waals surface area contributed by atoms with E-state index >= 15 is 0 Å². The lowest BCUT2D eigenvalue weighted by Crippen LogP contribution is -1.89. The first-order valence-electron chi connectivity index (χ1n) is 4.19. The molecule has 0 aromatic heterocycles. The van der Waals surface area contributed by atoms with E-state index in [4.69, 9.17) is 0 Å². The second-order valence-corrected chi connectivity index (χ2v) is 3.10. The summed E-state index contributed by atoms with van der Waals surface area (Å²) in [4.78, 5) is 0. The molecule has 0 radical (unpaired) electrons. The Balaban J connectivity index is 2.38. The summed E-state index contributed by atoms with van der Waals surface area (Å²) in [5, 5.41) is 0. The van der Waals surface area contributed by atoms with Gasteiger partial charge in [-0.15, -0.1) is 0 Å². The van der Waals surface area contributed by atoms with Crippen molar-refractivity contribution in [1.82, 2.24) is 0 Å². The highest BCUT2D eigenvalue weighted by atomic mass is 14.0. The smallest absolute Gasteiger partial charge is 0.0169 e. The van der Waals surface area contributed by atoms with Crippen molar-refractivity contribution >= 4 is 0 Å². The molecule has 0 spiro atoms. The van der Waals surface area contributed by atoms with Gasteiger partial charge >= 0.3 is 0 Å². The molecule has 0 saturated heterocycles. The van der Waals surface area contributed by atoms with Crippen molar-refractivity contribution < 1.29 is 0 Å². The maximum absolute atomic E-state index is 2.32. The summed E-state index contributed by atoms with van der Waals surface area (Å²) in [5.74, 6) is 0.874. The minimum Gasteiger partial charge on any atom is -0.0882 e. The average Bonchev–Trinajstić information content (AvgIpc) is 2.02. The SMILES string of the molecule is CC1CC=CCC=CCC1. The first-order chi connectivity index (χ1) is 4.89. The number of hydrogen-bond donors (Lipinski definition) is 0. The van der Waals surface area contributed by atoms with Crippen LogP contribution in [0.1, 0.15) is 32.6 Å². The molecule has 0 heteroatoms. The Morgan fingerprint density at radius 1 is 1.10 bits per heavy atom. The zero-order chi connectivity index (χ0) is 7.23. The molecule has 1 unspecified atom stereocenters. The molecule has 1 rings (SSSR count). The van der Waals surface area contributed by atoms with Crippen LogP contribution in [0.25, 0.3) is 0 Å². The maximum atomic E-state index is 2.32. The Kier molecular flexibility index (Phi) is 3.28. The van der Waals surface area contributed by atoms with Crippen molar-refractivity contribution in [2.45, 2.75) is 32.6 Å². The van der Waals surface area contributed by atoms with Gasteiger partial charge in [-0.2, -0.15) is 0 Å². The van der Waals surface area contributed by atoms with Crippen molar-refractivity contribution in [3.8, 4) is 0 Å². The van der Waals surface area contributed by atoms with Crippen LogP contribution >= 0.6 is 0 Å². The minimum absolute atomic E-state index is 0.874. The van der Waals surface area contributed by atoms with E-state index in [0.717, 1.165) is 12.3 Å². The van der Waals surface area contributed by atoms with Gasteiger partial charge in [0.05, 0.1) is 0 Å². The van der Waals surface area contributed by atoms with Gasteiger partial charge in [-0.1, -0.05) is 31.2 Å². The van der Waals surface area contributed by atoms with Crippen LogP contribution in [0, 0.1) is 5.92 Å². The van der Waals surface area contributed by atoms with Crippen LogP contribution < -0.4 is 0 Å². The number of allylic oxidation sites excluding steroid dienone is 4. The molecule has 0 amide bonds. The Labute approximate surface area is 63.6 Å². The molecule has 1 aliphatic carbocycles. The van der Waals surface area contributed by atoms with E-state index in [1.54, 1.807) is 0 Å². The van der Waals surface area contributed by atoms with Crippen LogP contribution in [0.2, 0.25) is 0 Å². The van der Waals surface area contributed by atoms with E-state index in [1.807, 2.05) is 0 Å². The quantitative estimate of drug-likeness (QED) is 0.448. The highest BCUT2D eigenvalue weighted by Crippen LogP contribution is 2.13. The molecular formula is C10H16. The van der Waals surface area contributed by atoms with E-state index in [-0.39, 0.29) is 0 Å². The van der Waals surface area contributed by atoms with Gasteiger partial charge in [-0.05, 0) is 31.6 Å². The van der Waals surface area contributed by atoms with Gasteiger partial charge in [-0.3, -0.25) is 0 Å². The highest BCUT2D eigenvalue weighted by Gasteiger charge is 1.97. The number of hydrogen-bond acceptors (Lipinski definition) is 0. The molecule has 0 heterocycles. The second-order valence-electron chi connectivity index (χ2n) is 3.10. The summed E-state index contributed by atoms with van der Waals surface area (Å²) in [5.41, 5.74) is 0. The molecule has 0 aliphatic heterocycles. The number of rotatable bonds is 0. The highest BCUT2D eigenvalue weighted by molar-refractivity contribution is 4.95. The lowest BCUT2D eigenvalue weighted by atomic mass is 10.0. The average molecular weight is 136 g/mol. The van der Waals surface area contributed by atoms with Gasteiger partial charge in [0.1, 0.15) is 0 Å². The van der Waals surface area contributed by atoms with Crippen LogP contribution in [0.5, 0.6) is 0 Å². The third kappa shape index (κ3) is 2.86. The molecule has 0 saturated carbocycles. The zero-order valence-corrected chi connectivity index (χ0v) is 6.72. The molecule has 56 valence electrons. The van der Waals surface area contributed by atoms with Crippen LogP contribution in [-0.4, -0.2) is 0 Å². The molecule has 1 atom stereocenters. The third-order valence-electron chi connectivity index (χ3n) is 1.97. The lowest BCUT2D eigenvalue weighted by molar-refractivity contribution is 0.547. The van der Waals surface area contributed by atoms with Gasteiger partial charge < -0.3 is 0 Å². The van der Waals surface area contributed by atoms with Crippen LogP contribution in [0.4, 0.5) is 0 Å². The molecule has 0 aromatic rings. The van der Waals surface area contributed by atoms with Gasteiger partial charge in [-0.25, -0.2) is 0 Å². The van der Waals surface area contributed by atoms with E-state index in [0.29, 0.717) is 0 Å². The molecule has 0 nitrogen and oxygen atoms in total. The second kappa shape index (κ2) is 4.32. The summed E-state index contributed by atoms with van der Waals surface area (Å²) >= 11 is 0. The van der Waals surface area contributed by atoms with Crippen LogP contribution in [0.15, 0.2) is 24.3 Å². The summed E-state index contributed by atoms with van der Waals surface area (Å²) in [6.07, 6.45) is 14.1. The topological polar surface area (TPSA) is 0 Å². The predicted molar refractivity (Wildman–Crippen MR) is 45.9 cm³/mol. The molecule has 0 aromatic carbocycles. The summed E-state index contributed by atoms with van der Waals surface area (Å²) < 4.78 is 0. The van der Waals surface area contributed by atoms with Crippen molar-refractivity contribution in [3.05, 3.63) is 24.3 Å². The molecule has 10 heavy (non-hydrogen) atoms. The van der Waals surface area contributed by atoms with Crippen molar-refractivity contribution in [2.75, 3.05) is 0 Å². The van der Waals surface area contributed by atoms with E-state index in [1.165, 1.54) is 19.3 Å². The third-order valence-corrected chi connectivity index (χ3v) is 1.97. The summed E-state index contributed by atoms with van der Waals surface area (Å²) in [7, 11) is 0. The molecule has 1 aliphatic rings. The predicted octanol–water partition coefficient (Wildman–Crippen LogP) is 3.31. The standard InChI is InChI=1S/C10H16/c1-10-8-6-4-2-3-5-7-9-10/h2,4-5,7,10H,3,6,8-9H2,1H3. The van der Waals surface area contributed by atoms with Crippen molar-refractivity contribution in [3.63, 3.8) is 0 Å². The fourth-order valence-corrected chi connectivity index (χ4v) is 1.22. The largest absolute Gasteiger partial charge is 0.0882 e. The van der Waals surface area contributed by atoms with Gasteiger partial charge in [0, 0.05) is 0 Å². The van der Waals surface area contributed by atoms with Crippen LogP contribution in [0.3, 0.4) is 0 Å². The molecular weight excluding hydrogens is 120 g/mol. The van der Waals surface area contributed by atoms with Crippen molar-refractivity contribution in [2.24, 2.45) is 5.92 Å². The molecule has 0 fully saturated rings. The Bertz CT molecular complexity index is 131. The fourth-order valence-electron chi connectivity index (χ4n) is 1.22. The van der Waals surface area contributed by atoms with Gasteiger partial charge in [0.15, 0.2) is 0 Å². The first-order valence-corrected chi connectivity index (χ1v) is 4.19. The Hall–Kier alpha value is -0.520. The monoisotopic (exact) mass is 136 g/mol. The zero-order valence-electron chi connectivity index (χ0n) is 6.72. The normalized spacial score (nSPS) is 27.1.